The molecule has 0 fully saturated rings. The van der Waals surface area contributed by atoms with Gasteiger partial charge in [-0.1, -0.05) is 0 Å². The first-order valence-corrected chi connectivity index (χ1v) is 5.13. The van der Waals surface area contributed by atoms with Crippen LogP contribution in [0.5, 0.6) is 0 Å². The van der Waals surface area contributed by atoms with Crippen LogP contribution in [0.2, 0.25) is 0 Å². The molecule has 0 saturated carbocycles. The summed E-state index contributed by atoms with van der Waals surface area (Å²) < 4.78 is 5.95. The van der Waals surface area contributed by atoms with Crippen molar-refractivity contribution < 1.29 is 4.74 Å². The van der Waals surface area contributed by atoms with E-state index in [9.17, 15) is 0 Å². The molecule has 1 atom stereocenters. The molecule has 78 valence electrons. The summed E-state index contributed by atoms with van der Waals surface area (Å²) >= 11 is 3.29. The molecule has 1 heterocycles. The van der Waals surface area contributed by atoms with Crippen LogP contribution >= 0.6 is 15.9 Å². The highest BCUT2D eigenvalue weighted by Crippen LogP contribution is 2.11. The fourth-order valence-corrected chi connectivity index (χ4v) is 1.24. The lowest BCUT2D eigenvalue weighted by molar-refractivity contribution is 0.183. The first-order valence-electron chi connectivity index (χ1n) is 4.34. The summed E-state index contributed by atoms with van der Waals surface area (Å²) in [5.74, 6) is 0.706. The van der Waals surface area contributed by atoms with Gasteiger partial charge in [0.1, 0.15) is 0 Å². The third-order valence-electron chi connectivity index (χ3n) is 1.99. The summed E-state index contributed by atoms with van der Waals surface area (Å²) in [6.07, 6.45) is 3.47. The summed E-state index contributed by atoms with van der Waals surface area (Å²) in [6.45, 7) is 2.73. The molecule has 1 rings (SSSR count). The number of ether oxygens (including phenoxy) is 1. The monoisotopic (exact) mass is 259 g/mol. The van der Waals surface area contributed by atoms with Crippen molar-refractivity contribution >= 4 is 21.9 Å². The van der Waals surface area contributed by atoms with Gasteiger partial charge in [-0.25, -0.2) is 9.97 Å². The number of rotatable bonds is 4. The molecule has 0 aliphatic heterocycles. The lowest BCUT2D eigenvalue weighted by atomic mass is 10.3. The first-order chi connectivity index (χ1) is 6.65. The largest absolute Gasteiger partial charge is 0.383 e. The zero-order valence-corrected chi connectivity index (χ0v) is 10.2. The standard InChI is InChI=1S/C9H14BrN3O/c1-7(6-14-3)13(2)9-11-4-8(10)5-12-9/h4-5,7H,6H2,1-3H3. The smallest absolute Gasteiger partial charge is 0.225 e. The van der Waals surface area contributed by atoms with Crippen molar-refractivity contribution in [2.75, 3.05) is 25.7 Å². The van der Waals surface area contributed by atoms with Gasteiger partial charge in [-0.3, -0.25) is 0 Å². The van der Waals surface area contributed by atoms with Crippen molar-refractivity contribution in [2.24, 2.45) is 0 Å². The molecule has 1 aromatic rings. The number of halogens is 1. The van der Waals surface area contributed by atoms with E-state index in [0.29, 0.717) is 12.6 Å². The van der Waals surface area contributed by atoms with Crippen LogP contribution in [0.25, 0.3) is 0 Å². The highest BCUT2D eigenvalue weighted by molar-refractivity contribution is 9.10. The van der Waals surface area contributed by atoms with E-state index in [-0.39, 0.29) is 6.04 Å². The van der Waals surface area contributed by atoms with Gasteiger partial charge in [-0.15, -0.1) is 0 Å². The molecule has 0 aliphatic rings. The fraction of sp³-hybridized carbons (Fsp3) is 0.556. The van der Waals surface area contributed by atoms with Crippen molar-refractivity contribution in [1.29, 1.82) is 0 Å². The summed E-state index contributed by atoms with van der Waals surface area (Å²) in [5, 5.41) is 0. The molecule has 14 heavy (non-hydrogen) atoms. The summed E-state index contributed by atoms with van der Waals surface area (Å²) in [7, 11) is 3.64. The highest BCUT2D eigenvalue weighted by Gasteiger charge is 2.11. The third kappa shape index (κ3) is 2.92. The number of hydrogen-bond acceptors (Lipinski definition) is 4. The van der Waals surface area contributed by atoms with Gasteiger partial charge in [0.2, 0.25) is 5.95 Å². The van der Waals surface area contributed by atoms with Crippen LogP contribution < -0.4 is 4.90 Å². The Hall–Kier alpha value is -0.680. The number of methoxy groups -OCH3 is 1. The fourth-order valence-electron chi connectivity index (χ4n) is 1.04. The maximum atomic E-state index is 5.06. The average Bonchev–Trinajstić information content (AvgIpc) is 2.18. The quantitative estimate of drug-likeness (QED) is 0.826. The highest BCUT2D eigenvalue weighted by atomic mass is 79.9. The lowest BCUT2D eigenvalue weighted by Gasteiger charge is -2.23. The molecule has 0 aliphatic carbocycles. The van der Waals surface area contributed by atoms with Gasteiger partial charge >= 0.3 is 0 Å². The summed E-state index contributed by atoms with van der Waals surface area (Å²) in [6, 6.07) is 0.265. The van der Waals surface area contributed by atoms with Gasteiger partial charge in [0.05, 0.1) is 17.1 Å². The van der Waals surface area contributed by atoms with E-state index in [1.807, 2.05) is 11.9 Å². The molecule has 0 amide bonds. The van der Waals surface area contributed by atoms with Crippen LogP contribution in [0.4, 0.5) is 5.95 Å². The first kappa shape index (κ1) is 11.4. The minimum absolute atomic E-state index is 0.265. The molecule has 0 saturated heterocycles. The van der Waals surface area contributed by atoms with E-state index in [0.717, 1.165) is 4.47 Å². The zero-order chi connectivity index (χ0) is 10.6. The normalized spacial score (nSPS) is 12.6. The zero-order valence-electron chi connectivity index (χ0n) is 8.57. The Morgan fingerprint density at radius 2 is 2.07 bits per heavy atom. The van der Waals surface area contributed by atoms with E-state index in [1.54, 1.807) is 19.5 Å². The van der Waals surface area contributed by atoms with Crippen molar-refractivity contribution in [3.05, 3.63) is 16.9 Å². The molecular weight excluding hydrogens is 246 g/mol. The second-order valence-electron chi connectivity index (χ2n) is 3.12. The predicted octanol–water partition coefficient (Wildman–Crippen LogP) is 1.71. The maximum Gasteiger partial charge on any atom is 0.225 e. The summed E-state index contributed by atoms with van der Waals surface area (Å²) in [4.78, 5) is 10.4. The van der Waals surface area contributed by atoms with Gasteiger partial charge in [0.25, 0.3) is 0 Å². The SMILES string of the molecule is COCC(C)N(C)c1ncc(Br)cn1. The van der Waals surface area contributed by atoms with E-state index in [2.05, 4.69) is 32.8 Å². The van der Waals surface area contributed by atoms with E-state index in [4.69, 9.17) is 4.74 Å². The molecule has 1 unspecified atom stereocenters. The number of hydrogen-bond donors (Lipinski definition) is 0. The van der Waals surface area contributed by atoms with Crippen LogP contribution in [0.15, 0.2) is 16.9 Å². The molecular formula is C9H14BrN3O. The number of aromatic nitrogens is 2. The second kappa shape index (κ2) is 5.26. The topological polar surface area (TPSA) is 38.2 Å². The van der Waals surface area contributed by atoms with Crippen LogP contribution in [0.3, 0.4) is 0 Å². The molecule has 0 radical (unpaired) electrons. The Labute approximate surface area is 92.4 Å². The number of likely N-dealkylation sites (N-methyl/N-ethyl adjacent to an activating group) is 1. The number of nitrogens with zero attached hydrogens (tertiary/aromatic N) is 3. The van der Waals surface area contributed by atoms with Gasteiger partial charge in [-0.2, -0.15) is 0 Å². The Morgan fingerprint density at radius 3 is 2.57 bits per heavy atom. The minimum atomic E-state index is 0.265. The predicted molar refractivity (Wildman–Crippen MR) is 59.5 cm³/mol. The average molecular weight is 260 g/mol. The van der Waals surface area contributed by atoms with E-state index in [1.165, 1.54) is 0 Å². The van der Waals surface area contributed by atoms with Gasteiger partial charge < -0.3 is 9.64 Å². The second-order valence-corrected chi connectivity index (χ2v) is 4.03. The van der Waals surface area contributed by atoms with E-state index < -0.39 is 0 Å². The Morgan fingerprint density at radius 1 is 1.50 bits per heavy atom. The van der Waals surface area contributed by atoms with Gasteiger partial charge in [0, 0.05) is 26.6 Å². The Balaban J connectivity index is 2.68. The third-order valence-corrected chi connectivity index (χ3v) is 2.40. The van der Waals surface area contributed by atoms with Crippen LogP contribution in [-0.2, 0) is 4.74 Å². The molecule has 5 heteroatoms. The van der Waals surface area contributed by atoms with Crippen LogP contribution in [0.1, 0.15) is 6.92 Å². The van der Waals surface area contributed by atoms with E-state index >= 15 is 0 Å². The number of anilines is 1. The van der Waals surface area contributed by atoms with Crippen LogP contribution in [0, 0.1) is 0 Å². The van der Waals surface area contributed by atoms with Crippen LogP contribution in [-0.4, -0.2) is 36.8 Å². The van der Waals surface area contributed by atoms with Crippen molar-refractivity contribution in [3.63, 3.8) is 0 Å². The molecule has 0 aromatic carbocycles. The Bertz CT molecular complexity index is 278. The molecule has 4 nitrogen and oxygen atoms in total. The van der Waals surface area contributed by atoms with Gasteiger partial charge in [0.15, 0.2) is 0 Å². The van der Waals surface area contributed by atoms with Crippen molar-refractivity contribution in [3.8, 4) is 0 Å². The maximum absolute atomic E-state index is 5.06. The van der Waals surface area contributed by atoms with Crippen molar-refractivity contribution in [2.45, 2.75) is 13.0 Å². The molecule has 0 N–H and O–H groups in total. The van der Waals surface area contributed by atoms with Crippen molar-refractivity contribution in [1.82, 2.24) is 9.97 Å². The molecule has 0 bridgehead atoms. The van der Waals surface area contributed by atoms with Gasteiger partial charge in [-0.05, 0) is 22.9 Å². The summed E-state index contributed by atoms with van der Waals surface area (Å²) in [5.41, 5.74) is 0. The molecule has 0 spiro atoms. The minimum Gasteiger partial charge on any atom is -0.383 e. The molecule has 1 aromatic heterocycles. The Kier molecular flexibility index (Phi) is 4.28. The lowest BCUT2D eigenvalue weighted by Crippen LogP contribution is -2.33.